The second-order valence-corrected chi connectivity index (χ2v) is 4.82. The fourth-order valence-corrected chi connectivity index (χ4v) is 2.69. The zero-order chi connectivity index (χ0) is 12.3. The molecule has 1 heterocycles. The molecule has 0 radical (unpaired) electrons. The van der Waals surface area contributed by atoms with E-state index in [0.29, 0.717) is 6.04 Å². The Kier molecular flexibility index (Phi) is 4.02. The predicted molar refractivity (Wildman–Crippen MR) is 70.2 cm³/mol. The summed E-state index contributed by atoms with van der Waals surface area (Å²) in [7, 11) is 1.70. The molecule has 2 rings (SSSR count). The molecule has 3 nitrogen and oxygen atoms in total. The lowest BCUT2D eigenvalue weighted by Crippen LogP contribution is -2.37. The van der Waals surface area contributed by atoms with Crippen LogP contribution < -0.4 is 10.5 Å². The highest BCUT2D eigenvalue weighted by Gasteiger charge is 2.26. The van der Waals surface area contributed by atoms with E-state index in [4.69, 9.17) is 10.5 Å². The Morgan fingerprint density at radius 3 is 2.59 bits per heavy atom. The molecule has 1 fully saturated rings. The van der Waals surface area contributed by atoms with Gasteiger partial charge in [-0.3, -0.25) is 4.90 Å². The molecule has 0 bridgehead atoms. The van der Waals surface area contributed by atoms with Crippen LogP contribution in [-0.4, -0.2) is 31.1 Å². The molecule has 1 aromatic rings. The van der Waals surface area contributed by atoms with Gasteiger partial charge < -0.3 is 10.5 Å². The van der Waals surface area contributed by atoms with Gasteiger partial charge in [0.1, 0.15) is 5.75 Å². The molecule has 1 aliphatic heterocycles. The lowest BCUT2D eigenvalue weighted by atomic mass is 9.99. The smallest absolute Gasteiger partial charge is 0.119 e. The molecule has 2 unspecified atom stereocenters. The Labute approximate surface area is 104 Å². The lowest BCUT2D eigenvalue weighted by Gasteiger charge is -2.31. The topological polar surface area (TPSA) is 38.5 Å². The normalized spacial score (nSPS) is 20.2. The van der Waals surface area contributed by atoms with Crippen molar-refractivity contribution in [1.82, 2.24) is 4.90 Å². The molecular formula is C14H22N2O. The third-order valence-electron chi connectivity index (χ3n) is 3.47. The van der Waals surface area contributed by atoms with Crippen molar-refractivity contribution in [3.63, 3.8) is 0 Å². The standard InChI is InChI=1S/C14H22N2O/c1-11(15)14(16-8-3-4-9-16)12-6-5-7-13(10-12)17-2/h5-7,10-11,14H,3-4,8-9,15H2,1-2H3. The molecule has 0 aliphatic carbocycles. The van der Waals surface area contributed by atoms with E-state index in [-0.39, 0.29) is 6.04 Å². The Hall–Kier alpha value is -1.06. The Balaban J connectivity index is 2.24. The van der Waals surface area contributed by atoms with Gasteiger partial charge in [-0.25, -0.2) is 0 Å². The third-order valence-corrected chi connectivity index (χ3v) is 3.47. The Morgan fingerprint density at radius 2 is 2.00 bits per heavy atom. The van der Waals surface area contributed by atoms with Crippen LogP contribution in [0.15, 0.2) is 24.3 Å². The third kappa shape index (κ3) is 2.79. The Morgan fingerprint density at radius 1 is 1.29 bits per heavy atom. The van der Waals surface area contributed by atoms with Crippen LogP contribution in [0.1, 0.15) is 31.4 Å². The van der Waals surface area contributed by atoms with Crippen LogP contribution in [0.25, 0.3) is 0 Å². The number of benzene rings is 1. The molecular weight excluding hydrogens is 212 g/mol. The van der Waals surface area contributed by atoms with Gasteiger partial charge in [0.05, 0.1) is 7.11 Å². The van der Waals surface area contributed by atoms with Crippen LogP contribution in [0.5, 0.6) is 5.75 Å². The van der Waals surface area contributed by atoms with Crippen LogP contribution in [0.2, 0.25) is 0 Å². The van der Waals surface area contributed by atoms with Gasteiger partial charge in [-0.2, -0.15) is 0 Å². The van der Waals surface area contributed by atoms with E-state index in [1.807, 2.05) is 12.1 Å². The number of ether oxygens (including phenoxy) is 1. The fraction of sp³-hybridized carbons (Fsp3) is 0.571. The summed E-state index contributed by atoms with van der Waals surface area (Å²) in [5.74, 6) is 0.910. The van der Waals surface area contributed by atoms with E-state index in [2.05, 4.69) is 24.0 Å². The molecule has 94 valence electrons. The SMILES string of the molecule is COc1cccc(C(C(C)N)N2CCCC2)c1. The van der Waals surface area contributed by atoms with Crippen molar-refractivity contribution in [2.45, 2.75) is 31.8 Å². The maximum Gasteiger partial charge on any atom is 0.119 e. The summed E-state index contributed by atoms with van der Waals surface area (Å²) in [4.78, 5) is 2.49. The first kappa shape index (κ1) is 12.4. The van der Waals surface area contributed by atoms with Crippen molar-refractivity contribution in [3.05, 3.63) is 29.8 Å². The van der Waals surface area contributed by atoms with Crippen molar-refractivity contribution in [3.8, 4) is 5.75 Å². The molecule has 0 saturated carbocycles. The molecule has 0 amide bonds. The van der Waals surface area contributed by atoms with Crippen LogP contribution in [-0.2, 0) is 0 Å². The van der Waals surface area contributed by atoms with Crippen molar-refractivity contribution in [1.29, 1.82) is 0 Å². The summed E-state index contributed by atoms with van der Waals surface area (Å²) in [5, 5.41) is 0. The minimum atomic E-state index is 0.139. The van der Waals surface area contributed by atoms with E-state index in [9.17, 15) is 0 Å². The van der Waals surface area contributed by atoms with E-state index in [0.717, 1.165) is 18.8 Å². The number of rotatable bonds is 4. The quantitative estimate of drug-likeness (QED) is 0.868. The van der Waals surface area contributed by atoms with Crippen molar-refractivity contribution in [2.24, 2.45) is 5.73 Å². The summed E-state index contributed by atoms with van der Waals surface area (Å²) in [5.41, 5.74) is 7.42. The average molecular weight is 234 g/mol. The van der Waals surface area contributed by atoms with Gasteiger partial charge in [0, 0.05) is 12.1 Å². The molecule has 0 spiro atoms. The van der Waals surface area contributed by atoms with Gasteiger partial charge in [-0.1, -0.05) is 12.1 Å². The molecule has 0 aromatic heterocycles. The van der Waals surface area contributed by atoms with Gasteiger partial charge in [0.15, 0.2) is 0 Å². The molecule has 17 heavy (non-hydrogen) atoms. The molecule has 1 saturated heterocycles. The average Bonchev–Trinajstić information content (AvgIpc) is 2.83. The highest BCUT2D eigenvalue weighted by Crippen LogP contribution is 2.29. The number of methoxy groups -OCH3 is 1. The first-order valence-electron chi connectivity index (χ1n) is 6.36. The van der Waals surface area contributed by atoms with Crippen molar-refractivity contribution < 1.29 is 4.74 Å². The van der Waals surface area contributed by atoms with Crippen LogP contribution in [0, 0.1) is 0 Å². The maximum absolute atomic E-state index is 6.16. The number of nitrogens with zero attached hydrogens (tertiary/aromatic N) is 1. The number of hydrogen-bond acceptors (Lipinski definition) is 3. The monoisotopic (exact) mass is 234 g/mol. The van der Waals surface area contributed by atoms with Crippen LogP contribution >= 0.6 is 0 Å². The summed E-state index contributed by atoms with van der Waals surface area (Å²) < 4.78 is 5.29. The summed E-state index contributed by atoms with van der Waals surface area (Å²) in [6.45, 7) is 4.40. The van der Waals surface area contributed by atoms with E-state index in [1.165, 1.54) is 18.4 Å². The van der Waals surface area contributed by atoms with Crippen molar-refractivity contribution in [2.75, 3.05) is 20.2 Å². The van der Waals surface area contributed by atoms with Crippen molar-refractivity contribution >= 4 is 0 Å². The molecule has 1 aliphatic rings. The predicted octanol–water partition coefficient (Wildman–Crippen LogP) is 2.18. The fourth-order valence-electron chi connectivity index (χ4n) is 2.69. The van der Waals surface area contributed by atoms with Gasteiger partial charge in [0.2, 0.25) is 0 Å². The van der Waals surface area contributed by atoms with Gasteiger partial charge in [-0.15, -0.1) is 0 Å². The van der Waals surface area contributed by atoms with Gasteiger partial charge >= 0.3 is 0 Å². The van der Waals surface area contributed by atoms with E-state index < -0.39 is 0 Å². The minimum absolute atomic E-state index is 0.139. The lowest BCUT2D eigenvalue weighted by molar-refractivity contribution is 0.219. The summed E-state index contributed by atoms with van der Waals surface area (Å²) >= 11 is 0. The van der Waals surface area contributed by atoms with E-state index in [1.54, 1.807) is 7.11 Å². The van der Waals surface area contributed by atoms with E-state index >= 15 is 0 Å². The van der Waals surface area contributed by atoms with Gasteiger partial charge in [-0.05, 0) is 50.6 Å². The second kappa shape index (κ2) is 5.52. The number of hydrogen-bond donors (Lipinski definition) is 1. The maximum atomic E-state index is 6.16. The second-order valence-electron chi connectivity index (χ2n) is 4.82. The van der Waals surface area contributed by atoms with Crippen LogP contribution in [0.4, 0.5) is 0 Å². The zero-order valence-electron chi connectivity index (χ0n) is 10.7. The summed E-state index contributed by atoms with van der Waals surface area (Å²) in [6.07, 6.45) is 2.57. The first-order valence-corrected chi connectivity index (χ1v) is 6.36. The minimum Gasteiger partial charge on any atom is -0.497 e. The van der Waals surface area contributed by atoms with Gasteiger partial charge in [0.25, 0.3) is 0 Å². The number of likely N-dealkylation sites (tertiary alicyclic amines) is 1. The molecule has 2 N–H and O–H groups in total. The number of nitrogens with two attached hydrogens (primary N) is 1. The first-order chi connectivity index (χ1) is 8.22. The highest BCUT2D eigenvalue weighted by atomic mass is 16.5. The summed E-state index contributed by atoms with van der Waals surface area (Å²) in [6, 6.07) is 8.72. The largest absolute Gasteiger partial charge is 0.497 e. The van der Waals surface area contributed by atoms with Crippen LogP contribution in [0.3, 0.4) is 0 Å². The molecule has 1 aromatic carbocycles. The highest BCUT2D eigenvalue weighted by molar-refractivity contribution is 5.31. The molecule has 3 heteroatoms. The molecule has 2 atom stereocenters. The Bertz CT molecular complexity index is 359. The zero-order valence-corrected chi connectivity index (χ0v) is 10.7.